The standard InChI is InChI=1S/C14H20O/c1-10-5-3-6-13-7-4-8-14(10,13)11(2)9-12(13)15/h9-10H,3-8H2,1-2H3/t10-,13+,14+/m0/s1. The van der Waals surface area contributed by atoms with Crippen molar-refractivity contribution in [1.29, 1.82) is 0 Å². The number of ketones is 1. The summed E-state index contributed by atoms with van der Waals surface area (Å²) in [5.74, 6) is 1.18. The van der Waals surface area contributed by atoms with Crippen LogP contribution >= 0.6 is 0 Å². The Bertz CT molecular complexity index is 354. The van der Waals surface area contributed by atoms with E-state index in [4.69, 9.17) is 0 Å². The van der Waals surface area contributed by atoms with Crippen LogP contribution in [0.4, 0.5) is 0 Å². The van der Waals surface area contributed by atoms with E-state index in [1.54, 1.807) is 0 Å². The maximum atomic E-state index is 12.3. The predicted octanol–water partition coefficient (Wildman–Crippen LogP) is 3.49. The molecule has 2 saturated carbocycles. The summed E-state index contributed by atoms with van der Waals surface area (Å²) in [7, 11) is 0. The summed E-state index contributed by atoms with van der Waals surface area (Å²) in [4.78, 5) is 12.3. The van der Waals surface area contributed by atoms with Gasteiger partial charge in [0.15, 0.2) is 5.78 Å². The first-order chi connectivity index (χ1) is 7.13. The summed E-state index contributed by atoms with van der Waals surface area (Å²) >= 11 is 0. The van der Waals surface area contributed by atoms with Crippen LogP contribution in [-0.4, -0.2) is 5.78 Å². The lowest BCUT2D eigenvalue weighted by Gasteiger charge is -2.49. The average molecular weight is 204 g/mol. The van der Waals surface area contributed by atoms with Gasteiger partial charge in [-0.3, -0.25) is 4.79 Å². The first kappa shape index (κ1) is 9.62. The van der Waals surface area contributed by atoms with Crippen molar-refractivity contribution in [1.82, 2.24) is 0 Å². The van der Waals surface area contributed by atoms with Crippen LogP contribution in [0.1, 0.15) is 52.4 Å². The molecule has 0 aromatic heterocycles. The quantitative estimate of drug-likeness (QED) is 0.590. The Kier molecular flexibility index (Phi) is 1.76. The van der Waals surface area contributed by atoms with Gasteiger partial charge in [-0.05, 0) is 44.6 Å². The molecule has 0 aliphatic heterocycles. The first-order valence-electron chi connectivity index (χ1n) is 6.37. The van der Waals surface area contributed by atoms with Gasteiger partial charge in [-0.1, -0.05) is 25.3 Å². The fourth-order valence-electron chi connectivity index (χ4n) is 5.05. The monoisotopic (exact) mass is 204 g/mol. The van der Waals surface area contributed by atoms with Crippen molar-refractivity contribution in [3.05, 3.63) is 11.6 Å². The third-order valence-corrected chi connectivity index (χ3v) is 5.63. The van der Waals surface area contributed by atoms with E-state index in [0.29, 0.717) is 5.78 Å². The highest BCUT2D eigenvalue weighted by Crippen LogP contribution is 2.69. The van der Waals surface area contributed by atoms with Crippen molar-refractivity contribution in [2.24, 2.45) is 16.7 Å². The molecule has 82 valence electrons. The van der Waals surface area contributed by atoms with Crippen molar-refractivity contribution in [3.8, 4) is 0 Å². The van der Waals surface area contributed by atoms with E-state index in [1.807, 2.05) is 6.08 Å². The van der Waals surface area contributed by atoms with Gasteiger partial charge in [-0.25, -0.2) is 0 Å². The van der Waals surface area contributed by atoms with Gasteiger partial charge in [-0.2, -0.15) is 0 Å². The lowest BCUT2D eigenvalue weighted by Crippen LogP contribution is -2.46. The fourth-order valence-corrected chi connectivity index (χ4v) is 5.05. The molecule has 0 aromatic rings. The Morgan fingerprint density at radius 2 is 2.00 bits per heavy atom. The van der Waals surface area contributed by atoms with E-state index in [-0.39, 0.29) is 10.8 Å². The van der Waals surface area contributed by atoms with Crippen molar-refractivity contribution < 1.29 is 4.79 Å². The predicted molar refractivity (Wildman–Crippen MR) is 60.5 cm³/mol. The summed E-state index contributed by atoms with van der Waals surface area (Å²) in [5, 5.41) is 0. The van der Waals surface area contributed by atoms with Gasteiger partial charge in [0.2, 0.25) is 0 Å². The number of rotatable bonds is 0. The van der Waals surface area contributed by atoms with E-state index >= 15 is 0 Å². The summed E-state index contributed by atoms with van der Waals surface area (Å²) in [6, 6.07) is 0. The largest absolute Gasteiger partial charge is 0.294 e. The lowest BCUT2D eigenvalue weighted by molar-refractivity contribution is -0.131. The minimum atomic E-state index is 0.0503. The lowest BCUT2D eigenvalue weighted by atomic mass is 9.53. The van der Waals surface area contributed by atoms with Gasteiger partial charge in [0.25, 0.3) is 0 Å². The summed E-state index contributed by atoms with van der Waals surface area (Å²) in [6.45, 7) is 4.57. The third kappa shape index (κ3) is 0.847. The van der Waals surface area contributed by atoms with Crippen molar-refractivity contribution in [3.63, 3.8) is 0 Å². The van der Waals surface area contributed by atoms with Crippen molar-refractivity contribution >= 4 is 5.78 Å². The molecule has 3 atom stereocenters. The zero-order valence-electron chi connectivity index (χ0n) is 9.81. The Hall–Kier alpha value is -0.590. The van der Waals surface area contributed by atoms with Crippen LogP contribution in [0.5, 0.6) is 0 Å². The molecule has 0 unspecified atom stereocenters. The van der Waals surface area contributed by atoms with Crippen LogP contribution < -0.4 is 0 Å². The second-order valence-corrected chi connectivity index (χ2v) is 5.89. The molecule has 0 aromatic carbocycles. The minimum Gasteiger partial charge on any atom is -0.294 e. The average Bonchev–Trinajstić information content (AvgIpc) is 2.68. The molecule has 0 amide bonds. The van der Waals surface area contributed by atoms with E-state index < -0.39 is 0 Å². The van der Waals surface area contributed by atoms with Crippen LogP contribution in [0.3, 0.4) is 0 Å². The van der Waals surface area contributed by atoms with Crippen LogP contribution in [0, 0.1) is 16.7 Å². The van der Waals surface area contributed by atoms with Crippen LogP contribution in [0.15, 0.2) is 11.6 Å². The van der Waals surface area contributed by atoms with Crippen LogP contribution in [-0.2, 0) is 4.79 Å². The molecule has 0 spiro atoms. The normalized spacial score (nSPS) is 48.8. The number of hydrogen-bond acceptors (Lipinski definition) is 1. The highest BCUT2D eigenvalue weighted by Gasteiger charge is 2.65. The third-order valence-electron chi connectivity index (χ3n) is 5.63. The van der Waals surface area contributed by atoms with Gasteiger partial charge in [0, 0.05) is 10.8 Å². The summed E-state index contributed by atoms with van der Waals surface area (Å²) in [6.07, 6.45) is 9.40. The van der Waals surface area contributed by atoms with Crippen LogP contribution in [0.25, 0.3) is 0 Å². The molecule has 1 heteroatoms. The molecule has 3 aliphatic carbocycles. The number of carbonyl (C=O) groups is 1. The summed E-state index contributed by atoms with van der Waals surface area (Å²) in [5.41, 5.74) is 1.73. The first-order valence-corrected chi connectivity index (χ1v) is 6.37. The molecule has 0 bridgehead atoms. The molecule has 0 N–H and O–H groups in total. The molecule has 0 heterocycles. The van der Waals surface area contributed by atoms with Gasteiger partial charge in [0.1, 0.15) is 0 Å². The zero-order chi connectivity index (χ0) is 10.7. The van der Waals surface area contributed by atoms with Gasteiger partial charge >= 0.3 is 0 Å². The SMILES string of the molecule is CC1=CC(=O)[C@]23CCC[C@H](C)[C@]12CCC3. The second-order valence-electron chi connectivity index (χ2n) is 5.89. The van der Waals surface area contributed by atoms with E-state index in [1.165, 1.54) is 31.3 Å². The van der Waals surface area contributed by atoms with E-state index in [0.717, 1.165) is 18.8 Å². The molecule has 1 nitrogen and oxygen atoms in total. The van der Waals surface area contributed by atoms with Crippen LogP contribution in [0.2, 0.25) is 0 Å². The smallest absolute Gasteiger partial charge is 0.162 e. The minimum absolute atomic E-state index is 0.0503. The molecular formula is C14H20O. The number of hydrogen-bond donors (Lipinski definition) is 0. The Labute approximate surface area is 91.9 Å². The zero-order valence-corrected chi connectivity index (χ0v) is 9.81. The Balaban J connectivity index is 2.19. The molecule has 3 rings (SSSR count). The molecule has 2 fully saturated rings. The van der Waals surface area contributed by atoms with Crippen molar-refractivity contribution in [2.45, 2.75) is 52.4 Å². The Morgan fingerprint density at radius 1 is 1.27 bits per heavy atom. The molecule has 3 aliphatic rings. The second kappa shape index (κ2) is 2.75. The Morgan fingerprint density at radius 3 is 2.73 bits per heavy atom. The molecular weight excluding hydrogens is 184 g/mol. The van der Waals surface area contributed by atoms with Crippen molar-refractivity contribution in [2.75, 3.05) is 0 Å². The maximum absolute atomic E-state index is 12.3. The highest BCUT2D eigenvalue weighted by molar-refractivity contribution is 6.00. The fraction of sp³-hybridized carbons (Fsp3) is 0.786. The van der Waals surface area contributed by atoms with E-state index in [9.17, 15) is 4.79 Å². The van der Waals surface area contributed by atoms with Gasteiger partial charge in [-0.15, -0.1) is 0 Å². The molecule has 0 radical (unpaired) electrons. The molecule has 15 heavy (non-hydrogen) atoms. The number of allylic oxidation sites excluding steroid dienone is 2. The molecule has 0 saturated heterocycles. The number of carbonyl (C=O) groups excluding carboxylic acids is 1. The van der Waals surface area contributed by atoms with Gasteiger partial charge in [0.05, 0.1) is 0 Å². The summed E-state index contributed by atoms with van der Waals surface area (Å²) < 4.78 is 0. The van der Waals surface area contributed by atoms with E-state index in [2.05, 4.69) is 13.8 Å². The maximum Gasteiger partial charge on any atom is 0.162 e. The van der Waals surface area contributed by atoms with Gasteiger partial charge < -0.3 is 0 Å². The topological polar surface area (TPSA) is 17.1 Å². The highest BCUT2D eigenvalue weighted by atomic mass is 16.1.